The molecule has 2 N–H and O–H groups in total. The normalized spacial score (nSPS) is 13.7. The predicted molar refractivity (Wildman–Crippen MR) is 85.8 cm³/mol. The third-order valence-electron chi connectivity index (χ3n) is 3.22. The van der Waals surface area contributed by atoms with Crippen LogP contribution in [0.1, 0.15) is 18.5 Å². The summed E-state index contributed by atoms with van der Waals surface area (Å²) in [4.78, 5) is 0. The molecular weight excluding hydrogens is 286 g/mol. The topological polar surface area (TPSA) is 41.5 Å². The Balaban J connectivity index is 1.76. The molecule has 0 aromatic heterocycles. The van der Waals surface area contributed by atoms with Crippen LogP contribution in [0, 0.1) is 0 Å². The van der Waals surface area contributed by atoms with Crippen molar-refractivity contribution in [3.8, 4) is 5.75 Å². The van der Waals surface area contributed by atoms with Gasteiger partial charge in [-0.3, -0.25) is 0 Å². The summed E-state index contributed by atoms with van der Waals surface area (Å²) in [7, 11) is 0. The van der Waals surface area contributed by atoms with E-state index in [0.717, 1.165) is 16.3 Å². The molecule has 0 aliphatic rings. The molecule has 2 atom stereocenters. The second kappa shape index (κ2) is 8.03. The van der Waals surface area contributed by atoms with Crippen LogP contribution in [0.15, 0.2) is 54.6 Å². The molecule has 0 heterocycles. The predicted octanol–water partition coefficient (Wildman–Crippen LogP) is 3.43. The number of aliphatic hydroxyl groups is 1. The van der Waals surface area contributed by atoms with E-state index in [1.165, 1.54) is 0 Å². The fourth-order valence-corrected chi connectivity index (χ4v) is 2.32. The Bertz CT molecular complexity index is 547. The van der Waals surface area contributed by atoms with Gasteiger partial charge in [-0.15, -0.1) is 0 Å². The number of rotatable bonds is 7. The van der Waals surface area contributed by atoms with E-state index in [9.17, 15) is 5.11 Å². The Morgan fingerprint density at radius 2 is 1.76 bits per heavy atom. The molecule has 1 unspecified atom stereocenters. The van der Waals surface area contributed by atoms with E-state index in [1.54, 1.807) is 0 Å². The minimum Gasteiger partial charge on any atom is -0.491 e. The Morgan fingerprint density at radius 1 is 1.10 bits per heavy atom. The van der Waals surface area contributed by atoms with Gasteiger partial charge in [0.05, 0.1) is 0 Å². The van der Waals surface area contributed by atoms with Gasteiger partial charge in [-0.2, -0.15) is 0 Å². The standard InChI is InChI=1S/C17H20ClNO2/c1-13(16-9-5-6-10-17(16)18)19-11-14(20)12-21-15-7-3-2-4-8-15/h2-10,13-14,19-20H,11-12H2,1H3/t13-,14?/m1/s1. The lowest BCUT2D eigenvalue weighted by atomic mass is 10.1. The highest BCUT2D eigenvalue weighted by atomic mass is 35.5. The second-order valence-corrected chi connectivity index (χ2v) is 5.34. The van der Waals surface area contributed by atoms with E-state index < -0.39 is 6.10 Å². The van der Waals surface area contributed by atoms with Crippen molar-refractivity contribution < 1.29 is 9.84 Å². The SMILES string of the molecule is C[C@@H](NCC(O)COc1ccccc1)c1ccccc1Cl. The quantitative estimate of drug-likeness (QED) is 0.823. The van der Waals surface area contributed by atoms with E-state index in [2.05, 4.69) is 5.32 Å². The van der Waals surface area contributed by atoms with Crippen LogP contribution in [0.3, 0.4) is 0 Å². The van der Waals surface area contributed by atoms with Gasteiger partial charge >= 0.3 is 0 Å². The lowest BCUT2D eigenvalue weighted by Gasteiger charge is -2.18. The zero-order chi connectivity index (χ0) is 15.1. The van der Waals surface area contributed by atoms with Crippen molar-refractivity contribution in [2.45, 2.75) is 19.1 Å². The van der Waals surface area contributed by atoms with Crippen LogP contribution in [-0.2, 0) is 0 Å². The van der Waals surface area contributed by atoms with E-state index in [0.29, 0.717) is 6.54 Å². The molecule has 21 heavy (non-hydrogen) atoms. The molecule has 0 radical (unpaired) electrons. The van der Waals surface area contributed by atoms with Crippen molar-refractivity contribution >= 4 is 11.6 Å². The summed E-state index contributed by atoms with van der Waals surface area (Å²) in [5.74, 6) is 0.760. The lowest BCUT2D eigenvalue weighted by Crippen LogP contribution is -2.33. The summed E-state index contributed by atoms with van der Waals surface area (Å²) in [6.45, 7) is 2.72. The average Bonchev–Trinajstić information content (AvgIpc) is 2.52. The lowest BCUT2D eigenvalue weighted by molar-refractivity contribution is 0.104. The first-order valence-electron chi connectivity index (χ1n) is 7.00. The highest BCUT2D eigenvalue weighted by Crippen LogP contribution is 2.21. The molecule has 2 aromatic carbocycles. The van der Waals surface area contributed by atoms with Gasteiger partial charge in [0.15, 0.2) is 0 Å². The largest absolute Gasteiger partial charge is 0.491 e. The Kier molecular flexibility index (Phi) is 6.05. The summed E-state index contributed by atoms with van der Waals surface area (Å²) >= 11 is 6.15. The summed E-state index contributed by atoms with van der Waals surface area (Å²) < 4.78 is 5.51. The molecule has 0 aliphatic heterocycles. The maximum absolute atomic E-state index is 9.96. The van der Waals surface area contributed by atoms with Crippen molar-refractivity contribution in [2.75, 3.05) is 13.2 Å². The molecular formula is C17H20ClNO2. The number of ether oxygens (including phenoxy) is 1. The molecule has 0 fully saturated rings. The molecule has 0 amide bonds. The zero-order valence-corrected chi connectivity index (χ0v) is 12.8. The van der Waals surface area contributed by atoms with Crippen LogP contribution in [0.25, 0.3) is 0 Å². The minimum absolute atomic E-state index is 0.0741. The third kappa shape index (κ3) is 5.05. The molecule has 0 saturated heterocycles. The van der Waals surface area contributed by atoms with Gasteiger partial charge in [0.2, 0.25) is 0 Å². The van der Waals surface area contributed by atoms with Gasteiger partial charge in [0.1, 0.15) is 18.5 Å². The molecule has 0 spiro atoms. The van der Waals surface area contributed by atoms with Crippen molar-refractivity contribution in [1.29, 1.82) is 0 Å². The minimum atomic E-state index is -0.574. The number of hydrogen-bond acceptors (Lipinski definition) is 3. The number of halogens is 1. The van der Waals surface area contributed by atoms with Crippen LogP contribution in [0.5, 0.6) is 5.75 Å². The summed E-state index contributed by atoms with van der Waals surface area (Å²) in [5.41, 5.74) is 1.02. The van der Waals surface area contributed by atoms with Gasteiger partial charge in [-0.1, -0.05) is 48.0 Å². The molecule has 0 saturated carbocycles. The monoisotopic (exact) mass is 305 g/mol. The number of aliphatic hydroxyl groups excluding tert-OH is 1. The first kappa shape index (κ1) is 15.8. The van der Waals surface area contributed by atoms with Crippen LogP contribution in [-0.4, -0.2) is 24.4 Å². The second-order valence-electron chi connectivity index (χ2n) is 4.93. The van der Waals surface area contributed by atoms with Gasteiger partial charge in [-0.25, -0.2) is 0 Å². The molecule has 0 bridgehead atoms. The van der Waals surface area contributed by atoms with Crippen LogP contribution in [0.2, 0.25) is 5.02 Å². The summed E-state index contributed by atoms with van der Waals surface area (Å²) in [6.07, 6.45) is -0.574. The van der Waals surface area contributed by atoms with E-state index in [4.69, 9.17) is 16.3 Å². The highest BCUT2D eigenvalue weighted by molar-refractivity contribution is 6.31. The van der Waals surface area contributed by atoms with E-state index in [-0.39, 0.29) is 12.6 Å². The fraction of sp³-hybridized carbons (Fsp3) is 0.294. The molecule has 112 valence electrons. The first-order chi connectivity index (χ1) is 10.2. The maximum atomic E-state index is 9.96. The van der Waals surface area contributed by atoms with Gasteiger partial charge < -0.3 is 15.2 Å². The molecule has 0 aliphatic carbocycles. The summed E-state index contributed by atoms with van der Waals surface area (Å²) in [5, 5.41) is 13.9. The molecule has 2 rings (SSSR count). The third-order valence-corrected chi connectivity index (χ3v) is 3.56. The zero-order valence-electron chi connectivity index (χ0n) is 12.0. The highest BCUT2D eigenvalue weighted by Gasteiger charge is 2.11. The number of hydrogen-bond donors (Lipinski definition) is 2. The molecule has 3 nitrogen and oxygen atoms in total. The average molecular weight is 306 g/mol. The van der Waals surface area contributed by atoms with E-state index >= 15 is 0 Å². The number of nitrogens with one attached hydrogen (secondary N) is 1. The Morgan fingerprint density at radius 3 is 2.48 bits per heavy atom. The fourth-order valence-electron chi connectivity index (χ4n) is 2.02. The first-order valence-corrected chi connectivity index (χ1v) is 7.38. The van der Waals surface area contributed by atoms with Gasteiger partial charge in [-0.05, 0) is 30.7 Å². The maximum Gasteiger partial charge on any atom is 0.119 e. The van der Waals surface area contributed by atoms with Crippen molar-refractivity contribution in [1.82, 2.24) is 5.32 Å². The van der Waals surface area contributed by atoms with Crippen LogP contribution >= 0.6 is 11.6 Å². The van der Waals surface area contributed by atoms with Crippen molar-refractivity contribution in [3.63, 3.8) is 0 Å². The smallest absolute Gasteiger partial charge is 0.119 e. The number of benzene rings is 2. The Hall–Kier alpha value is -1.55. The van der Waals surface area contributed by atoms with Gasteiger partial charge in [0.25, 0.3) is 0 Å². The van der Waals surface area contributed by atoms with Crippen LogP contribution in [0.4, 0.5) is 0 Å². The van der Waals surface area contributed by atoms with Crippen molar-refractivity contribution in [3.05, 3.63) is 65.2 Å². The van der Waals surface area contributed by atoms with Crippen molar-refractivity contribution in [2.24, 2.45) is 0 Å². The van der Waals surface area contributed by atoms with E-state index in [1.807, 2.05) is 61.5 Å². The number of para-hydroxylation sites is 1. The Labute approximate surface area is 130 Å². The van der Waals surface area contributed by atoms with Crippen LogP contribution < -0.4 is 10.1 Å². The molecule has 4 heteroatoms. The van der Waals surface area contributed by atoms with Gasteiger partial charge in [0, 0.05) is 17.6 Å². The summed E-state index contributed by atoms with van der Waals surface area (Å²) in [6, 6.07) is 17.2. The molecule has 2 aromatic rings.